The molecule has 0 aliphatic carbocycles. The van der Waals surface area contributed by atoms with Gasteiger partial charge in [0.05, 0.1) is 5.56 Å². The second-order valence-electron chi connectivity index (χ2n) is 8.10. The zero-order valence-corrected chi connectivity index (χ0v) is 21.5. The predicted octanol–water partition coefficient (Wildman–Crippen LogP) is 6.18. The first-order valence-electron chi connectivity index (χ1n) is 11.5. The molecule has 0 spiro atoms. The van der Waals surface area contributed by atoms with Crippen molar-refractivity contribution in [2.24, 2.45) is 5.92 Å². The molecule has 1 aromatic rings. The number of alkyl halides is 3. The Kier molecular flexibility index (Phi) is 17.4. The van der Waals surface area contributed by atoms with Crippen LogP contribution in [0.2, 0.25) is 0 Å². The molecule has 8 heteroatoms. The maximum atomic E-state index is 12.4. The van der Waals surface area contributed by atoms with E-state index in [1.54, 1.807) is 6.08 Å². The highest BCUT2D eigenvalue weighted by Crippen LogP contribution is 2.30. The second kappa shape index (κ2) is 17.4. The Balaban J connectivity index is 0. The summed E-state index contributed by atoms with van der Waals surface area (Å²) < 4.78 is 37.1. The molecule has 5 nitrogen and oxygen atoms in total. The molecule has 0 aromatic carbocycles. The molecule has 2 rings (SSSR count). The number of pyridine rings is 1. The second-order valence-corrected chi connectivity index (χ2v) is 8.10. The van der Waals surface area contributed by atoms with Crippen molar-refractivity contribution < 1.29 is 23.1 Å². The van der Waals surface area contributed by atoms with Gasteiger partial charge in [0.25, 0.3) is 0 Å². The first kappa shape index (κ1) is 33.1. The molecule has 0 bridgehead atoms. The SMILES string of the molecule is C=CC.CC1CCCN(c2ccc(C(F)(F)F)cn2)C1.CCN(C=O)C(C)(CC)CC.CO. The average molecular weight is 476 g/mol. The van der Waals surface area contributed by atoms with Gasteiger partial charge in [-0.15, -0.1) is 6.58 Å². The van der Waals surface area contributed by atoms with Gasteiger partial charge in [-0.05, 0) is 64.5 Å². The van der Waals surface area contributed by atoms with Crippen LogP contribution >= 0.6 is 0 Å². The summed E-state index contributed by atoms with van der Waals surface area (Å²) in [7, 11) is 1.00. The number of carbonyl (C=O) groups excluding carboxylic acids is 1. The number of rotatable bonds is 6. The van der Waals surface area contributed by atoms with Crippen molar-refractivity contribution in [1.82, 2.24) is 9.88 Å². The number of aliphatic hydroxyl groups excluding tert-OH is 1. The third-order valence-corrected chi connectivity index (χ3v) is 5.74. The fraction of sp³-hybridized carbons (Fsp3) is 0.680. The number of amides is 1. The zero-order chi connectivity index (χ0) is 26.1. The molecule has 1 atom stereocenters. The monoisotopic (exact) mass is 475 g/mol. The number of hydrogen-bond donors (Lipinski definition) is 1. The van der Waals surface area contributed by atoms with Gasteiger partial charge in [0.2, 0.25) is 6.41 Å². The lowest BCUT2D eigenvalue weighted by Crippen LogP contribution is -2.44. The molecule has 1 amide bonds. The van der Waals surface area contributed by atoms with E-state index in [-0.39, 0.29) is 5.54 Å². The Morgan fingerprint density at radius 2 is 1.79 bits per heavy atom. The van der Waals surface area contributed by atoms with Gasteiger partial charge in [-0.3, -0.25) is 4.79 Å². The molecule has 1 N–H and O–H groups in total. The number of hydrogen-bond acceptors (Lipinski definition) is 4. The summed E-state index contributed by atoms with van der Waals surface area (Å²) in [5, 5.41) is 7.00. The van der Waals surface area contributed by atoms with Crippen LogP contribution in [0, 0.1) is 5.92 Å². The summed E-state index contributed by atoms with van der Waals surface area (Å²) in [5.74, 6) is 1.22. The van der Waals surface area contributed by atoms with Crippen LogP contribution in [0.5, 0.6) is 0 Å². The molecule has 1 aliphatic rings. The summed E-state index contributed by atoms with van der Waals surface area (Å²) in [4.78, 5) is 18.5. The van der Waals surface area contributed by atoms with Crippen molar-refractivity contribution in [3.8, 4) is 0 Å². The maximum Gasteiger partial charge on any atom is 0.417 e. The highest BCUT2D eigenvalue weighted by Gasteiger charge is 2.31. The van der Waals surface area contributed by atoms with Crippen molar-refractivity contribution in [1.29, 1.82) is 0 Å². The van der Waals surface area contributed by atoms with Gasteiger partial charge in [-0.25, -0.2) is 4.98 Å². The lowest BCUT2D eigenvalue weighted by Gasteiger charge is -2.36. The number of nitrogens with zero attached hydrogens (tertiary/aromatic N) is 3. The molecule has 1 saturated heterocycles. The van der Waals surface area contributed by atoms with Gasteiger partial charge in [0.15, 0.2) is 0 Å². The van der Waals surface area contributed by atoms with Crippen LogP contribution in [0.15, 0.2) is 31.0 Å². The van der Waals surface area contributed by atoms with Gasteiger partial charge in [-0.1, -0.05) is 26.8 Å². The number of piperidine rings is 1. The van der Waals surface area contributed by atoms with E-state index in [9.17, 15) is 18.0 Å². The topological polar surface area (TPSA) is 56.7 Å². The molecule has 1 aromatic heterocycles. The number of allylic oxidation sites excluding steroid dienone is 1. The number of halogens is 3. The van der Waals surface area contributed by atoms with Crippen LogP contribution in [0.3, 0.4) is 0 Å². The molecule has 0 radical (unpaired) electrons. The number of carbonyl (C=O) groups is 1. The Morgan fingerprint density at radius 3 is 2.09 bits per heavy atom. The predicted molar refractivity (Wildman–Crippen MR) is 131 cm³/mol. The minimum absolute atomic E-state index is 0.0660. The summed E-state index contributed by atoms with van der Waals surface area (Å²) in [5.41, 5.74) is -0.623. The van der Waals surface area contributed by atoms with Crippen LogP contribution in [0.1, 0.15) is 72.8 Å². The van der Waals surface area contributed by atoms with Gasteiger partial charge < -0.3 is 14.9 Å². The van der Waals surface area contributed by atoms with E-state index in [2.05, 4.69) is 39.3 Å². The van der Waals surface area contributed by atoms with Crippen LogP contribution in [-0.4, -0.2) is 53.7 Å². The summed E-state index contributed by atoms with van der Waals surface area (Å²) in [6, 6.07) is 2.56. The maximum absolute atomic E-state index is 12.4. The smallest absolute Gasteiger partial charge is 0.400 e. The van der Waals surface area contributed by atoms with Crippen LogP contribution in [-0.2, 0) is 11.0 Å². The summed E-state index contributed by atoms with van der Waals surface area (Å²) >= 11 is 0. The fourth-order valence-electron chi connectivity index (χ4n) is 3.38. The molecular weight excluding hydrogens is 431 g/mol. The Hall–Kier alpha value is -2.09. The van der Waals surface area contributed by atoms with Crippen molar-refractivity contribution in [3.63, 3.8) is 0 Å². The van der Waals surface area contributed by atoms with Crippen LogP contribution in [0.4, 0.5) is 19.0 Å². The first-order valence-corrected chi connectivity index (χ1v) is 11.5. The van der Waals surface area contributed by atoms with Crippen molar-refractivity contribution in [2.45, 2.75) is 78.9 Å². The van der Waals surface area contributed by atoms with E-state index in [0.29, 0.717) is 11.7 Å². The highest BCUT2D eigenvalue weighted by molar-refractivity contribution is 5.48. The molecule has 1 unspecified atom stereocenters. The van der Waals surface area contributed by atoms with E-state index >= 15 is 0 Å². The van der Waals surface area contributed by atoms with Gasteiger partial charge in [-0.2, -0.15) is 13.2 Å². The molecule has 1 fully saturated rings. The van der Waals surface area contributed by atoms with Crippen LogP contribution < -0.4 is 4.90 Å². The lowest BCUT2D eigenvalue weighted by molar-refractivity contribution is -0.137. The molecular formula is C25H44F3N3O2. The molecule has 2 heterocycles. The molecule has 1 aliphatic heterocycles. The van der Waals surface area contributed by atoms with Crippen LogP contribution in [0.25, 0.3) is 0 Å². The number of aromatic nitrogens is 1. The fourth-order valence-corrected chi connectivity index (χ4v) is 3.38. The lowest BCUT2D eigenvalue weighted by atomic mass is 9.94. The number of aliphatic hydroxyl groups is 1. The van der Waals surface area contributed by atoms with Crippen molar-refractivity contribution >= 4 is 12.2 Å². The van der Waals surface area contributed by atoms with Crippen molar-refractivity contribution in [3.05, 3.63) is 36.5 Å². The van der Waals surface area contributed by atoms with E-state index in [4.69, 9.17) is 5.11 Å². The zero-order valence-electron chi connectivity index (χ0n) is 21.5. The minimum Gasteiger partial charge on any atom is -0.400 e. The summed E-state index contributed by atoms with van der Waals surface area (Å²) in [6.45, 7) is 18.3. The van der Waals surface area contributed by atoms with Crippen molar-refractivity contribution in [2.75, 3.05) is 31.6 Å². The largest absolute Gasteiger partial charge is 0.417 e. The van der Waals surface area contributed by atoms with E-state index in [1.807, 2.05) is 23.6 Å². The molecule has 0 saturated carbocycles. The average Bonchev–Trinajstić information content (AvgIpc) is 2.81. The molecule has 33 heavy (non-hydrogen) atoms. The minimum atomic E-state index is -4.30. The highest BCUT2D eigenvalue weighted by atomic mass is 19.4. The van der Waals surface area contributed by atoms with E-state index in [1.165, 1.54) is 12.5 Å². The third-order valence-electron chi connectivity index (χ3n) is 5.74. The van der Waals surface area contributed by atoms with Gasteiger partial charge in [0.1, 0.15) is 5.82 Å². The normalized spacial score (nSPS) is 15.5. The summed E-state index contributed by atoms with van der Waals surface area (Å²) in [6.07, 6.45) is 3.61. The quantitative estimate of drug-likeness (QED) is 0.394. The third kappa shape index (κ3) is 12.1. The van der Waals surface area contributed by atoms with E-state index < -0.39 is 11.7 Å². The Bertz CT molecular complexity index is 633. The van der Waals surface area contributed by atoms with Gasteiger partial charge >= 0.3 is 6.18 Å². The Labute approximate surface area is 198 Å². The van der Waals surface area contributed by atoms with Gasteiger partial charge in [0, 0.05) is 38.5 Å². The standard InChI is InChI=1S/C12H15F3N2.C9H19NO.C3H6.CH4O/c1-9-3-2-6-17(8-9)11-5-4-10(7-16-11)12(13,14)15;1-5-9(4,6-2)10(7-3)8-11;1-3-2;1-2/h4-5,7,9H,2-3,6,8H2,1H3;8H,5-7H2,1-4H3;3H,1H2,2H3;2H,1H3. The Morgan fingerprint density at radius 1 is 1.24 bits per heavy atom. The van der Waals surface area contributed by atoms with E-state index in [0.717, 1.165) is 64.7 Å². The number of anilines is 1. The molecule has 192 valence electrons. The first-order chi connectivity index (χ1) is 15.5.